The van der Waals surface area contributed by atoms with Crippen LogP contribution in [0.3, 0.4) is 0 Å². The molecule has 0 spiro atoms. The number of benzene rings is 1. The maximum atomic E-state index is 9.61. The second-order valence-corrected chi connectivity index (χ2v) is 5.49. The third-order valence-electron chi connectivity index (χ3n) is 4.10. The molecule has 1 N–H and O–H groups in total. The molecule has 0 radical (unpaired) electrons. The van der Waals surface area contributed by atoms with E-state index in [0.29, 0.717) is 12.4 Å². The van der Waals surface area contributed by atoms with Gasteiger partial charge >= 0.3 is 0 Å². The second-order valence-electron chi connectivity index (χ2n) is 5.49. The van der Waals surface area contributed by atoms with Crippen molar-refractivity contribution in [2.24, 2.45) is 0 Å². The van der Waals surface area contributed by atoms with Gasteiger partial charge in [-0.25, -0.2) is 0 Å². The van der Waals surface area contributed by atoms with Crippen molar-refractivity contribution in [2.45, 2.75) is 37.3 Å². The van der Waals surface area contributed by atoms with E-state index in [0.717, 1.165) is 5.56 Å². The van der Waals surface area contributed by atoms with Crippen LogP contribution in [-0.2, 0) is 30.3 Å². The summed E-state index contributed by atoms with van der Waals surface area (Å²) in [7, 11) is 6.30. The molecule has 0 aromatic heterocycles. The Morgan fingerprint density at radius 2 is 1.62 bits per heavy atom. The highest BCUT2D eigenvalue weighted by Crippen LogP contribution is 2.30. The standard InChI is InChI=1S/C17H26O7/c1-19-10-11-7-5-6-8-12(11)23-17-16(22-4)15(21-3)14(20-2)13(9-18)24-17/h5-8,13-18H,9-10H2,1-4H3/t13-,14-,15+,16-,17-/m1/s1. The van der Waals surface area contributed by atoms with Crippen LogP contribution in [0.5, 0.6) is 5.75 Å². The topological polar surface area (TPSA) is 75.6 Å². The molecule has 24 heavy (non-hydrogen) atoms. The first-order chi connectivity index (χ1) is 11.7. The maximum absolute atomic E-state index is 9.61. The van der Waals surface area contributed by atoms with Crippen LogP contribution in [0.25, 0.3) is 0 Å². The van der Waals surface area contributed by atoms with Crippen LogP contribution in [0.4, 0.5) is 0 Å². The van der Waals surface area contributed by atoms with Crippen molar-refractivity contribution in [1.82, 2.24) is 0 Å². The Morgan fingerprint density at radius 1 is 0.958 bits per heavy atom. The lowest BCUT2D eigenvalue weighted by Crippen LogP contribution is -2.61. The Morgan fingerprint density at radius 3 is 2.21 bits per heavy atom. The Balaban J connectivity index is 2.24. The van der Waals surface area contributed by atoms with Crippen molar-refractivity contribution in [3.8, 4) is 5.75 Å². The summed E-state index contributed by atoms with van der Waals surface area (Å²) in [6, 6.07) is 7.53. The molecule has 1 heterocycles. The van der Waals surface area contributed by atoms with E-state index in [1.807, 2.05) is 24.3 Å². The molecule has 7 heteroatoms. The van der Waals surface area contributed by atoms with Gasteiger partial charge in [0.2, 0.25) is 6.29 Å². The first-order valence-corrected chi connectivity index (χ1v) is 7.78. The number of aliphatic hydroxyl groups excluding tert-OH is 1. The van der Waals surface area contributed by atoms with E-state index in [2.05, 4.69) is 0 Å². The van der Waals surface area contributed by atoms with Gasteiger partial charge in [-0.1, -0.05) is 18.2 Å². The quantitative estimate of drug-likeness (QED) is 0.754. The van der Waals surface area contributed by atoms with Gasteiger partial charge in [0, 0.05) is 34.0 Å². The van der Waals surface area contributed by atoms with Crippen LogP contribution < -0.4 is 4.74 Å². The van der Waals surface area contributed by atoms with Crippen molar-refractivity contribution in [3.63, 3.8) is 0 Å². The van der Waals surface area contributed by atoms with Crippen molar-refractivity contribution in [2.75, 3.05) is 35.0 Å². The summed E-state index contributed by atoms with van der Waals surface area (Å²) < 4.78 is 33.6. The molecule has 0 aliphatic carbocycles. The molecule has 1 aromatic rings. The van der Waals surface area contributed by atoms with Crippen LogP contribution in [0.1, 0.15) is 5.56 Å². The molecule has 1 aromatic carbocycles. The summed E-state index contributed by atoms with van der Waals surface area (Å²) in [6.45, 7) is 0.201. The van der Waals surface area contributed by atoms with Gasteiger partial charge in [0.05, 0.1) is 13.2 Å². The van der Waals surface area contributed by atoms with E-state index in [-0.39, 0.29) is 6.61 Å². The normalized spacial score (nSPS) is 30.3. The zero-order valence-corrected chi connectivity index (χ0v) is 14.5. The Hall–Kier alpha value is -1.22. The molecule has 1 aliphatic rings. The lowest BCUT2D eigenvalue weighted by Gasteiger charge is -2.44. The van der Waals surface area contributed by atoms with Crippen molar-refractivity contribution < 1.29 is 33.5 Å². The smallest absolute Gasteiger partial charge is 0.229 e. The first-order valence-electron chi connectivity index (χ1n) is 7.78. The minimum atomic E-state index is -0.749. The highest BCUT2D eigenvalue weighted by Gasteiger charge is 2.48. The third-order valence-corrected chi connectivity index (χ3v) is 4.10. The summed E-state index contributed by atoms with van der Waals surface area (Å²) in [5.41, 5.74) is 0.891. The van der Waals surface area contributed by atoms with Gasteiger partial charge in [-0.2, -0.15) is 0 Å². The molecule has 2 rings (SSSR count). The number of methoxy groups -OCH3 is 4. The number of ether oxygens (including phenoxy) is 6. The molecule has 136 valence electrons. The van der Waals surface area contributed by atoms with E-state index in [9.17, 15) is 5.11 Å². The van der Waals surface area contributed by atoms with Gasteiger partial charge < -0.3 is 33.5 Å². The largest absolute Gasteiger partial charge is 0.462 e. The van der Waals surface area contributed by atoms with Gasteiger partial charge in [0.25, 0.3) is 0 Å². The lowest BCUT2D eigenvalue weighted by atomic mass is 9.98. The van der Waals surface area contributed by atoms with Gasteiger partial charge in [0.15, 0.2) is 0 Å². The number of rotatable bonds is 8. The Labute approximate surface area is 142 Å². The van der Waals surface area contributed by atoms with Crippen molar-refractivity contribution in [1.29, 1.82) is 0 Å². The summed E-state index contributed by atoms with van der Waals surface area (Å²) >= 11 is 0. The highest BCUT2D eigenvalue weighted by atomic mass is 16.7. The molecule has 7 nitrogen and oxygen atoms in total. The molecule has 0 bridgehead atoms. The van der Waals surface area contributed by atoms with Crippen LogP contribution in [0, 0.1) is 0 Å². The van der Waals surface area contributed by atoms with E-state index in [1.54, 1.807) is 28.4 Å². The maximum Gasteiger partial charge on any atom is 0.229 e. The van der Waals surface area contributed by atoms with Gasteiger partial charge in [0.1, 0.15) is 30.2 Å². The number of aliphatic hydroxyl groups is 1. The summed E-state index contributed by atoms with van der Waals surface area (Å²) in [5, 5.41) is 9.61. The molecule has 0 amide bonds. The van der Waals surface area contributed by atoms with E-state index in [4.69, 9.17) is 28.4 Å². The molecular formula is C17H26O7. The zero-order chi connectivity index (χ0) is 17.5. The van der Waals surface area contributed by atoms with E-state index in [1.165, 1.54) is 0 Å². The number of para-hydroxylation sites is 1. The van der Waals surface area contributed by atoms with E-state index >= 15 is 0 Å². The van der Waals surface area contributed by atoms with Gasteiger partial charge in [-0.15, -0.1) is 0 Å². The Bertz CT molecular complexity index is 496. The zero-order valence-electron chi connectivity index (χ0n) is 14.5. The lowest BCUT2D eigenvalue weighted by molar-refractivity contribution is -0.291. The minimum absolute atomic E-state index is 0.214. The van der Waals surface area contributed by atoms with Crippen LogP contribution >= 0.6 is 0 Å². The van der Waals surface area contributed by atoms with Crippen LogP contribution in [-0.4, -0.2) is 70.9 Å². The second kappa shape index (κ2) is 9.31. The summed E-state index contributed by atoms with van der Waals surface area (Å²) in [4.78, 5) is 0. The monoisotopic (exact) mass is 342 g/mol. The average molecular weight is 342 g/mol. The molecule has 1 saturated heterocycles. The van der Waals surface area contributed by atoms with Crippen molar-refractivity contribution >= 4 is 0 Å². The molecule has 1 fully saturated rings. The third kappa shape index (κ3) is 4.05. The summed E-state index contributed by atoms with van der Waals surface area (Å²) in [5.74, 6) is 0.633. The predicted molar refractivity (Wildman–Crippen MR) is 85.9 cm³/mol. The van der Waals surface area contributed by atoms with Crippen LogP contribution in [0.2, 0.25) is 0 Å². The average Bonchev–Trinajstić information content (AvgIpc) is 2.62. The molecule has 1 aliphatic heterocycles. The fraction of sp³-hybridized carbons (Fsp3) is 0.647. The molecule has 0 unspecified atom stereocenters. The van der Waals surface area contributed by atoms with Gasteiger partial charge in [-0.05, 0) is 6.07 Å². The minimum Gasteiger partial charge on any atom is -0.462 e. The molecular weight excluding hydrogens is 316 g/mol. The first kappa shape index (κ1) is 19.1. The van der Waals surface area contributed by atoms with E-state index < -0.39 is 30.7 Å². The van der Waals surface area contributed by atoms with Crippen LogP contribution in [0.15, 0.2) is 24.3 Å². The predicted octanol–water partition coefficient (Wildman–Crippen LogP) is 0.974. The number of hydrogen-bond donors (Lipinski definition) is 1. The number of hydrogen-bond acceptors (Lipinski definition) is 7. The van der Waals surface area contributed by atoms with Crippen molar-refractivity contribution in [3.05, 3.63) is 29.8 Å². The summed E-state index contributed by atoms with van der Waals surface area (Å²) in [6.07, 6.45) is -2.74. The fourth-order valence-electron chi connectivity index (χ4n) is 2.94. The van der Waals surface area contributed by atoms with Gasteiger partial charge in [-0.3, -0.25) is 0 Å². The SMILES string of the molecule is COCc1ccccc1O[C@@H]1O[C@H](CO)[C@@H](OC)[C@H](OC)[C@H]1OC. The Kier molecular flexibility index (Phi) is 7.41. The molecule has 0 saturated carbocycles. The molecule has 5 atom stereocenters. The fourth-order valence-corrected chi connectivity index (χ4v) is 2.94. The highest BCUT2D eigenvalue weighted by molar-refractivity contribution is 5.33.